The van der Waals surface area contributed by atoms with E-state index in [0.29, 0.717) is 0 Å². The van der Waals surface area contributed by atoms with Gasteiger partial charge in [0, 0.05) is 18.7 Å². The van der Waals surface area contributed by atoms with E-state index in [9.17, 15) is 4.39 Å². The Morgan fingerprint density at radius 3 is 3.05 bits per heavy atom. The van der Waals surface area contributed by atoms with Crippen LogP contribution in [0.4, 0.5) is 4.39 Å². The largest absolute Gasteiger partial charge is 0.308 e. The molecule has 0 fully saturated rings. The van der Waals surface area contributed by atoms with Crippen LogP contribution in [0.5, 0.6) is 0 Å². The van der Waals surface area contributed by atoms with E-state index in [2.05, 4.69) is 27.0 Å². The van der Waals surface area contributed by atoms with Crippen LogP contribution in [0.3, 0.4) is 0 Å². The highest BCUT2D eigenvalue weighted by Crippen LogP contribution is 2.27. The maximum atomic E-state index is 13.4. The van der Waals surface area contributed by atoms with Crippen molar-refractivity contribution in [1.29, 1.82) is 0 Å². The van der Waals surface area contributed by atoms with Gasteiger partial charge in [-0.05, 0) is 31.0 Å². The molecule has 1 atom stereocenters. The predicted molar refractivity (Wildman–Crippen MR) is 71.2 cm³/mol. The summed E-state index contributed by atoms with van der Waals surface area (Å²) in [7, 11) is 0. The molecular formula is C14H17FN4. The van der Waals surface area contributed by atoms with Gasteiger partial charge >= 0.3 is 0 Å². The number of aromatic nitrogens is 3. The highest BCUT2D eigenvalue weighted by Gasteiger charge is 2.24. The maximum Gasteiger partial charge on any atom is 0.164 e. The molecule has 100 valence electrons. The van der Waals surface area contributed by atoms with Crippen LogP contribution in [0.25, 0.3) is 11.4 Å². The Balaban J connectivity index is 2.12. The lowest BCUT2D eigenvalue weighted by atomic mass is 10.1. The number of hydrogen-bond donors (Lipinski definition) is 1. The molecule has 0 radical (unpaired) electrons. The van der Waals surface area contributed by atoms with E-state index in [-0.39, 0.29) is 11.9 Å². The number of rotatable bonds is 2. The molecule has 1 aliphatic rings. The Kier molecular flexibility index (Phi) is 3.06. The van der Waals surface area contributed by atoms with Gasteiger partial charge in [0.25, 0.3) is 0 Å². The summed E-state index contributed by atoms with van der Waals surface area (Å²) in [6.07, 6.45) is 0.972. The second-order valence-electron chi connectivity index (χ2n) is 4.91. The van der Waals surface area contributed by atoms with Crippen molar-refractivity contribution in [3.63, 3.8) is 0 Å². The van der Waals surface area contributed by atoms with Crippen molar-refractivity contribution in [3.8, 4) is 11.4 Å². The van der Waals surface area contributed by atoms with Crippen LogP contribution in [0.15, 0.2) is 18.2 Å². The van der Waals surface area contributed by atoms with Crippen LogP contribution in [0, 0.1) is 12.7 Å². The fourth-order valence-electron chi connectivity index (χ4n) is 2.60. The third-order valence-corrected chi connectivity index (χ3v) is 3.67. The van der Waals surface area contributed by atoms with Crippen LogP contribution < -0.4 is 5.32 Å². The number of halogens is 1. The number of benzene rings is 1. The normalized spacial score (nSPS) is 18.4. The first-order valence-corrected chi connectivity index (χ1v) is 6.63. The van der Waals surface area contributed by atoms with Crippen molar-refractivity contribution in [3.05, 3.63) is 35.4 Å². The van der Waals surface area contributed by atoms with Crippen molar-refractivity contribution in [1.82, 2.24) is 20.1 Å². The van der Waals surface area contributed by atoms with Crippen molar-refractivity contribution < 1.29 is 4.39 Å². The topological polar surface area (TPSA) is 42.7 Å². The Morgan fingerprint density at radius 1 is 1.42 bits per heavy atom. The van der Waals surface area contributed by atoms with Crippen LogP contribution in [-0.2, 0) is 6.54 Å². The lowest BCUT2D eigenvalue weighted by molar-refractivity contribution is 0.407. The molecule has 1 aromatic heterocycles. The maximum absolute atomic E-state index is 13.4. The predicted octanol–water partition coefficient (Wildman–Crippen LogP) is 2.45. The molecule has 4 nitrogen and oxygen atoms in total. The molecule has 0 spiro atoms. The molecule has 0 bridgehead atoms. The minimum Gasteiger partial charge on any atom is -0.308 e. The smallest absolute Gasteiger partial charge is 0.164 e. The lowest BCUT2D eigenvalue weighted by Crippen LogP contribution is -2.33. The second kappa shape index (κ2) is 4.74. The first-order valence-electron chi connectivity index (χ1n) is 6.63. The van der Waals surface area contributed by atoms with Gasteiger partial charge in [-0.15, -0.1) is 10.2 Å². The monoisotopic (exact) mass is 260 g/mol. The molecule has 1 aliphatic heterocycles. The first kappa shape index (κ1) is 12.3. The van der Waals surface area contributed by atoms with E-state index in [1.807, 2.05) is 6.92 Å². The number of nitrogens with zero attached hydrogens (tertiary/aromatic N) is 3. The molecule has 0 saturated carbocycles. The van der Waals surface area contributed by atoms with Gasteiger partial charge < -0.3 is 9.88 Å². The van der Waals surface area contributed by atoms with Gasteiger partial charge in [0.2, 0.25) is 0 Å². The van der Waals surface area contributed by atoms with Crippen LogP contribution in [-0.4, -0.2) is 21.3 Å². The van der Waals surface area contributed by atoms with E-state index < -0.39 is 0 Å². The fourth-order valence-corrected chi connectivity index (χ4v) is 2.60. The Hall–Kier alpha value is -1.75. The van der Waals surface area contributed by atoms with E-state index in [0.717, 1.165) is 42.3 Å². The lowest BCUT2D eigenvalue weighted by Gasteiger charge is -2.24. The molecule has 0 aliphatic carbocycles. The number of fused-ring (bicyclic) bond motifs is 1. The summed E-state index contributed by atoms with van der Waals surface area (Å²) in [5.74, 6) is 1.48. The minimum atomic E-state index is -0.237. The van der Waals surface area contributed by atoms with Crippen LogP contribution >= 0.6 is 0 Å². The quantitative estimate of drug-likeness (QED) is 0.902. The van der Waals surface area contributed by atoms with Crippen LogP contribution in [0.2, 0.25) is 0 Å². The summed E-state index contributed by atoms with van der Waals surface area (Å²) in [6.45, 7) is 5.80. The zero-order chi connectivity index (χ0) is 13.4. The van der Waals surface area contributed by atoms with Crippen molar-refractivity contribution in [2.75, 3.05) is 6.54 Å². The molecule has 0 amide bonds. The second-order valence-corrected chi connectivity index (χ2v) is 4.91. The summed E-state index contributed by atoms with van der Waals surface area (Å²) in [4.78, 5) is 0. The van der Waals surface area contributed by atoms with Crippen molar-refractivity contribution in [2.24, 2.45) is 0 Å². The first-order chi connectivity index (χ1) is 9.20. The van der Waals surface area contributed by atoms with Crippen molar-refractivity contribution >= 4 is 0 Å². The van der Waals surface area contributed by atoms with Gasteiger partial charge in [0.15, 0.2) is 11.6 Å². The standard InChI is InChI=1S/C14H17FN4/c1-3-12-14-18-17-13(19(14)7-6-16-12)11-8-10(15)5-4-9(11)2/h4-5,8,12,16H,3,6-7H2,1-2H3. The number of aryl methyl sites for hydroxylation is 1. The summed E-state index contributed by atoms with van der Waals surface area (Å²) < 4.78 is 15.5. The fraction of sp³-hybridized carbons (Fsp3) is 0.429. The summed E-state index contributed by atoms with van der Waals surface area (Å²) >= 11 is 0. The van der Waals surface area contributed by atoms with Crippen LogP contribution in [0.1, 0.15) is 30.8 Å². The SMILES string of the molecule is CCC1NCCn2c(-c3cc(F)ccc3C)nnc21. The number of nitrogens with one attached hydrogen (secondary N) is 1. The van der Waals surface area contributed by atoms with Crippen molar-refractivity contribution in [2.45, 2.75) is 32.9 Å². The molecule has 2 heterocycles. The van der Waals surface area contributed by atoms with Gasteiger partial charge in [-0.1, -0.05) is 13.0 Å². The average Bonchev–Trinajstić information content (AvgIpc) is 2.85. The van der Waals surface area contributed by atoms with Gasteiger partial charge in [0.1, 0.15) is 5.82 Å². The minimum absolute atomic E-state index is 0.237. The zero-order valence-electron chi connectivity index (χ0n) is 11.2. The Bertz CT molecular complexity index is 605. The summed E-state index contributed by atoms with van der Waals surface area (Å²) in [5, 5.41) is 12.0. The summed E-state index contributed by atoms with van der Waals surface area (Å²) in [6, 6.07) is 5.03. The Labute approximate surface area is 111 Å². The highest BCUT2D eigenvalue weighted by molar-refractivity contribution is 5.60. The van der Waals surface area contributed by atoms with E-state index in [1.165, 1.54) is 12.1 Å². The third kappa shape index (κ3) is 2.04. The molecule has 3 rings (SSSR count). The molecule has 1 N–H and O–H groups in total. The molecule has 2 aromatic rings. The summed E-state index contributed by atoms with van der Waals surface area (Å²) in [5.41, 5.74) is 1.85. The molecular weight excluding hydrogens is 243 g/mol. The molecule has 5 heteroatoms. The molecule has 0 saturated heterocycles. The molecule has 1 unspecified atom stereocenters. The van der Waals surface area contributed by atoms with Gasteiger partial charge in [-0.2, -0.15) is 0 Å². The zero-order valence-corrected chi connectivity index (χ0v) is 11.2. The molecule has 19 heavy (non-hydrogen) atoms. The molecule has 1 aromatic carbocycles. The third-order valence-electron chi connectivity index (χ3n) is 3.67. The Morgan fingerprint density at radius 2 is 2.26 bits per heavy atom. The van der Waals surface area contributed by atoms with E-state index in [1.54, 1.807) is 6.07 Å². The van der Waals surface area contributed by atoms with Gasteiger partial charge in [-0.3, -0.25) is 0 Å². The van der Waals surface area contributed by atoms with Gasteiger partial charge in [-0.25, -0.2) is 4.39 Å². The van der Waals surface area contributed by atoms with Gasteiger partial charge in [0.05, 0.1) is 6.04 Å². The van der Waals surface area contributed by atoms with E-state index in [4.69, 9.17) is 0 Å². The highest BCUT2D eigenvalue weighted by atomic mass is 19.1. The van der Waals surface area contributed by atoms with E-state index >= 15 is 0 Å². The number of hydrogen-bond acceptors (Lipinski definition) is 3. The average molecular weight is 260 g/mol.